The quantitative estimate of drug-likeness (QED) is 0.551. The fourth-order valence-corrected chi connectivity index (χ4v) is 2.03. The molecule has 1 nitrogen and oxygen atoms in total. The van der Waals surface area contributed by atoms with Gasteiger partial charge in [-0.3, -0.25) is 4.99 Å². The first-order valence-corrected chi connectivity index (χ1v) is 6.68. The van der Waals surface area contributed by atoms with Gasteiger partial charge in [0.2, 0.25) is 0 Å². The maximum Gasteiger partial charge on any atom is 0.0537 e. The van der Waals surface area contributed by atoms with E-state index in [0.717, 1.165) is 12.8 Å². The van der Waals surface area contributed by atoms with Crippen LogP contribution in [0.5, 0.6) is 0 Å². The van der Waals surface area contributed by atoms with Crippen LogP contribution in [0.3, 0.4) is 0 Å². The van der Waals surface area contributed by atoms with Crippen molar-refractivity contribution in [2.24, 2.45) is 4.99 Å². The average Bonchev–Trinajstić information content (AvgIpc) is 2.74. The number of nitrogens with zero attached hydrogens (tertiary/aromatic N) is 1. The molecule has 0 aromatic carbocycles. The summed E-state index contributed by atoms with van der Waals surface area (Å²) in [6.45, 7) is 4.31. The summed E-state index contributed by atoms with van der Waals surface area (Å²) in [4.78, 5) is 4.79. The lowest BCUT2D eigenvalue weighted by molar-refractivity contribution is 0.680. The Bertz CT molecular complexity index is 261. The van der Waals surface area contributed by atoms with Crippen LogP contribution in [0, 0.1) is 0 Å². The molecule has 1 unspecified atom stereocenters. The molecule has 0 bridgehead atoms. The van der Waals surface area contributed by atoms with Crippen LogP contribution in [0.2, 0.25) is 0 Å². The second-order valence-corrected chi connectivity index (χ2v) is 4.50. The Morgan fingerprint density at radius 2 is 2.19 bits per heavy atom. The van der Waals surface area contributed by atoms with Gasteiger partial charge in [0.25, 0.3) is 0 Å². The summed E-state index contributed by atoms with van der Waals surface area (Å²) in [6.07, 6.45) is 17.4. The van der Waals surface area contributed by atoms with Crippen LogP contribution in [0.15, 0.2) is 29.3 Å². The highest BCUT2D eigenvalue weighted by atomic mass is 14.8. The Hall–Kier alpha value is -0.850. The van der Waals surface area contributed by atoms with E-state index in [1.165, 1.54) is 37.8 Å². The summed E-state index contributed by atoms with van der Waals surface area (Å²) in [5.41, 5.74) is 1.47. The minimum Gasteiger partial charge on any atom is -0.290 e. The van der Waals surface area contributed by atoms with E-state index >= 15 is 0 Å². The van der Waals surface area contributed by atoms with Gasteiger partial charge < -0.3 is 0 Å². The molecule has 0 spiro atoms. The molecule has 1 rings (SSSR count). The smallest absolute Gasteiger partial charge is 0.0537 e. The molecule has 1 atom stereocenters. The van der Waals surface area contributed by atoms with Crippen LogP contribution < -0.4 is 0 Å². The molecule has 0 saturated heterocycles. The molecule has 0 aromatic heterocycles. The molecule has 90 valence electrons. The van der Waals surface area contributed by atoms with Crippen LogP contribution in [0.25, 0.3) is 0 Å². The molecular formula is C15H25N. The van der Waals surface area contributed by atoms with Crippen LogP contribution >= 0.6 is 0 Å². The molecule has 0 aromatic rings. The Morgan fingerprint density at radius 1 is 1.31 bits per heavy atom. The van der Waals surface area contributed by atoms with Crippen molar-refractivity contribution in [1.29, 1.82) is 0 Å². The van der Waals surface area contributed by atoms with E-state index in [1.54, 1.807) is 0 Å². The second kappa shape index (κ2) is 8.32. The lowest BCUT2D eigenvalue weighted by Crippen LogP contribution is -1.95. The third-order valence-corrected chi connectivity index (χ3v) is 3.03. The molecule has 1 aliphatic rings. The zero-order valence-corrected chi connectivity index (χ0v) is 10.8. The maximum absolute atomic E-state index is 4.79. The first kappa shape index (κ1) is 13.2. The zero-order valence-electron chi connectivity index (χ0n) is 10.8. The predicted molar refractivity (Wildman–Crippen MR) is 73.2 cm³/mol. The molecule has 0 aliphatic carbocycles. The van der Waals surface area contributed by atoms with Crippen LogP contribution in [0.4, 0.5) is 0 Å². The molecule has 1 aliphatic heterocycles. The number of rotatable bonds is 7. The first-order valence-electron chi connectivity index (χ1n) is 6.68. The highest BCUT2D eigenvalue weighted by Gasteiger charge is 2.15. The molecule has 0 N–H and O–H groups in total. The Morgan fingerprint density at radius 3 is 2.94 bits per heavy atom. The van der Waals surface area contributed by atoms with Crippen molar-refractivity contribution in [3.05, 3.63) is 24.3 Å². The van der Waals surface area contributed by atoms with Gasteiger partial charge in [-0.25, -0.2) is 0 Å². The van der Waals surface area contributed by atoms with Gasteiger partial charge in [0.1, 0.15) is 0 Å². The van der Waals surface area contributed by atoms with E-state index in [4.69, 9.17) is 4.99 Å². The lowest BCUT2D eigenvalue weighted by atomic mass is 10.1. The van der Waals surface area contributed by atoms with Gasteiger partial charge >= 0.3 is 0 Å². The van der Waals surface area contributed by atoms with Crippen LogP contribution in [-0.2, 0) is 0 Å². The number of unbranched alkanes of at least 4 members (excludes halogenated alkanes) is 1. The largest absolute Gasteiger partial charge is 0.290 e. The Kier molecular flexibility index (Phi) is 6.87. The first-order chi connectivity index (χ1) is 7.86. The average molecular weight is 219 g/mol. The van der Waals surface area contributed by atoms with E-state index in [1.807, 2.05) is 0 Å². The van der Waals surface area contributed by atoms with Crippen LogP contribution in [-0.4, -0.2) is 11.8 Å². The maximum atomic E-state index is 4.79. The predicted octanol–water partition coefficient (Wildman–Crippen LogP) is 4.69. The van der Waals surface area contributed by atoms with Gasteiger partial charge in [-0.05, 0) is 45.4 Å². The van der Waals surface area contributed by atoms with E-state index in [-0.39, 0.29) is 0 Å². The lowest BCUT2D eigenvalue weighted by Gasteiger charge is -2.00. The Balaban J connectivity index is 2.19. The normalized spacial score (nSPS) is 21.1. The summed E-state index contributed by atoms with van der Waals surface area (Å²) in [5, 5.41) is 0. The summed E-state index contributed by atoms with van der Waals surface area (Å²) < 4.78 is 0. The van der Waals surface area contributed by atoms with Crippen molar-refractivity contribution >= 4 is 5.71 Å². The highest BCUT2D eigenvalue weighted by Crippen LogP contribution is 2.19. The molecule has 0 saturated carbocycles. The topological polar surface area (TPSA) is 12.4 Å². The summed E-state index contributed by atoms with van der Waals surface area (Å²) in [5.74, 6) is 0. The van der Waals surface area contributed by atoms with Gasteiger partial charge in [0.05, 0.1) is 6.04 Å². The molecular weight excluding hydrogens is 194 g/mol. The van der Waals surface area contributed by atoms with E-state index < -0.39 is 0 Å². The highest BCUT2D eigenvalue weighted by molar-refractivity contribution is 5.86. The molecule has 0 fully saturated rings. The zero-order chi connectivity index (χ0) is 11.6. The molecule has 16 heavy (non-hydrogen) atoms. The van der Waals surface area contributed by atoms with Crippen molar-refractivity contribution in [2.45, 2.75) is 64.8 Å². The van der Waals surface area contributed by atoms with Crippen molar-refractivity contribution in [1.82, 2.24) is 0 Å². The molecule has 1 heterocycles. The van der Waals surface area contributed by atoms with Crippen molar-refractivity contribution in [3.63, 3.8) is 0 Å². The summed E-state index contributed by atoms with van der Waals surface area (Å²) >= 11 is 0. The van der Waals surface area contributed by atoms with Gasteiger partial charge in [0.15, 0.2) is 0 Å². The van der Waals surface area contributed by atoms with Gasteiger partial charge in [-0.2, -0.15) is 0 Å². The third kappa shape index (κ3) is 5.29. The summed E-state index contributed by atoms with van der Waals surface area (Å²) in [6, 6.07) is 0.578. The SMILES string of the molecule is C/C=C/C/C=C/CC1CCC(CCCC)=N1. The van der Waals surface area contributed by atoms with E-state index in [0.29, 0.717) is 6.04 Å². The van der Waals surface area contributed by atoms with Crippen molar-refractivity contribution in [3.8, 4) is 0 Å². The van der Waals surface area contributed by atoms with Crippen molar-refractivity contribution < 1.29 is 0 Å². The fourth-order valence-electron chi connectivity index (χ4n) is 2.03. The van der Waals surface area contributed by atoms with Crippen LogP contribution in [0.1, 0.15) is 58.8 Å². The standard InChI is InChI=1S/C15H25N/c1-3-5-7-8-9-11-15-13-12-14(16-15)10-6-4-2/h3,5,8-9,15H,4,6-7,10-13H2,1-2H3/b5-3+,9-8+. The molecule has 0 radical (unpaired) electrons. The van der Waals surface area contributed by atoms with Crippen molar-refractivity contribution in [2.75, 3.05) is 0 Å². The number of hydrogen-bond donors (Lipinski definition) is 0. The van der Waals surface area contributed by atoms with Gasteiger partial charge in [0, 0.05) is 5.71 Å². The monoisotopic (exact) mass is 219 g/mol. The Labute approximate surface area is 100 Å². The van der Waals surface area contributed by atoms with Gasteiger partial charge in [-0.1, -0.05) is 37.6 Å². The minimum atomic E-state index is 0.578. The van der Waals surface area contributed by atoms with E-state index in [9.17, 15) is 0 Å². The molecule has 1 heteroatoms. The fraction of sp³-hybridized carbons (Fsp3) is 0.667. The van der Waals surface area contributed by atoms with Gasteiger partial charge in [-0.15, -0.1) is 0 Å². The van der Waals surface area contributed by atoms with E-state index in [2.05, 4.69) is 38.2 Å². The molecule has 0 amide bonds. The minimum absolute atomic E-state index is 0.578. The number of hydrogen-bond acceptors (Lipinski definition) is 1. The number of allylic oxidation sites excluding steroid dienone is 3. The summed E-state index contributed by atoms with van der Waals surface area (Å²) in [7, 11) is 0. The number of aliphatic imine (C=N–C) groups is 1. The third-order valence-electron chi connectivity index (χ3n) is 3.03. The second-order valence-electron chi connectivity index (χ2n) is 4.50.